The average Bonchev–Trinajstić information content (AvgIpc) is 2.78. The van der Waals surface area contributed by atoms with Crippen LogP contribution in [0, 0.1) is 5.92 Å². The predicted molar refractivity (Wildman–Crippen MR) is 136 cm³/mol. The fourth-order valence-electron chi connectivity index (χ4n) is 5.77. The Balaban J connectivity index is 1.85. The van der Waals surface area contributed by atoms with E-state index in [0.717, 1.165) is 0 Å². The van der Waals surface area contributed by atoms with Crippen LogP contribution in [0.2, 0.25) is 5.02 Å². The van der Waals surface area contributed by atoms with E-state index >= 15 is 0 Å². The highest BCUT2D eigenvalue weighted by atomic mass is 35.5. The molecule has 7 N–H and O–H groups in total. The first-order valence-corrected chi connectivity index (χ1v) is 12.1. The lowest BCUT2D eigenvalue weighted by molar-refractivity contribution is -0.148. The summed E-state index contributed by atoms with van der Waals surface area (Å²) in [7, 11) is 6.40. The molecule has 0 radical (unpaired) electrons. The Morgan fingerprint density at radius 3 is 2.39 bits per heavy atom. The molecule has 0 spiro atoms. The van der Waals surface area contributed by atoms with Crippen LogP contribution in [-0.4, -0.2) is 106 Å². The summed E-state index contributed by atoms with van der Waals surface area (Å²) in [5.74, 6) is -6.31. The minimum atomic E-state index is -2.59. The summed E-state index contributed by atoms with van der Waals surface area (Å²) in [6.07, 6.45) is -2.14. The number of allylic oxidation sites excluding steroid dienone is 1. The molecule has 4 atom stereocenters. The van der Waals surface area contributed by atoms with Gasteiger partial charge < -0.3 is 36.4 Å². The third kappa shape index (κ3) is 4.00. The number of nitrogens with one attached hydrogen (secondary N) is 1. The molecule has 0 saturated carbocycles. The number of rotatable bonds is 5. The van der Waals surface area contributed by atoms with Crippen LogP contribution in [0.15, 0.2) is 28.5 Å². The first-order valence-electron chi connectivity index (χ1n) is 11.7. The summed E-state index contributed by atoms with van der Waals surface area (Å²) >= 11 is 6.34. The van der Waals surface area contributed by atoms with Gasteiger partial charge in [0.1, 0.15) is 23.1 Å². The smallest absolute Gasteiger partial charge is 0.255 e. The van der Waals surface area contributed by atoms with E-state index < -0.39 is 64.1 Å². The maximum atomic E-state index is 13.7. The van der Waals surface area contributed by atoms with Gasteiger partial charge in [-0.15, -0.1) is 0 Å². The monoisotopic (exact) mass is 548 g/mol. The van der Waals surface area contributed by atoms with Crippen molar-refractivity contribution in [3.05, 3.63) is 44.7 Å². The first kappa shape index (κ1) is 27.7. The number of hydrogen-bond donors (Lipinski definition) is 6. The lowest BCUT2D eigenvalue weighted by atomic mass is 9.59. The lowest BCUT2D eigenvalue weighted by Gasteiger charge is -2.51. The number of halogens is 1. The quantitative estimate of drug-likeness (QED) is 0.206. The van der Waals surface area contributed by atoms with E-state index in [1.54, 1.807) is 19.0 Å². The molecule has 3 aliphatic rings. The van der Waals surface area contributed by atoms with E-state index in [0.29, 0.717) is 11.1 Å². The number of aromatic hydroxyl groups is 1. The fraction of sp³-hybridized carbons (Fsp3) is 0.440. The number of primary amides is 1. The van der Waals surface area contributed by atoms with Crippen molar-refractivity contribution in [3.8, 4) is 5.75 Å². The molecule has 0 bridgehead atoms. The van der Waals surface area contributed by atoms with Gasteiger partial charge >= 0.3 is 0 Å². The number of aliphatic hydroxyl groups excluding tert-OH is 2. The Hall–Kier alpha value is -3.29. The second kappa shape index (κ2) is 9.47. The average molecular weight is 549 g/mol. The number of benzene rings is 1. The van der Waals surface area contributed by atoms with Gasteiger partial charge in [-0.3, -0.25) is 24.1 Å². The SMILES string of the molecule is CN(C)CC(=O)Nc1c(Cl)cc2c(c1O)C(=O)C1=C(C2)CC2[C@H](N(C)C)C(=O)C(C(N)=O)=C(O)[C@@]2(O)C1O. The van der Waals surface area contributed by atoms with Crippen molar-refractivity contribution in [2.24, 2.45) is 11.7 Å². The summed E-state index contributed by atoms with van der Waals surface area (Å²) in [6.45, 7) is -0.0250. The van der Waals surface area contributed by atoms with Crippen molar-refractivity contribution in [2.45, 2.75) is 30.6 Å². The van der Waals surface area contributed by atoms with Gasteiger partial charge in [0.15, 0.2) is 22.9 Å². The number of anilines is 1. The molecule has 13 heteroatoms. The highest BCUT2D eigenvalue weighted by Crippen LogP contribution is 2.52. The van der Waals surface area contributed by atoms with Gasteiger partial charge in [-0.2, -0.15) is 0 Å². The van der Waals surface area contributed by atoms with Gasteiger partial charge in [-0.1, -0.05) is 17.2 Å². The van der Waals surface area contributed by atoms with E-state index in [2.05, 4.69) is 5.32 Å². The lowest BCUT2D eigenvalue weighted by Crippen LogP contribution is -2.66. The summed E-state index contributed by atoms with van der Waals surface area (Å²) in [5.41, 5.74) is 1.87. The zero-order chi connectivity index (χ0) is 28.4. The number of nitrogens with zero attached hydrogens (tertiary/aromatic N) is 2. The minimum absolute atomic E-state index is 0.0104. The van der Waals surface area contributed by atoms with Crippen LogP contribution in [-0.2, 0) is 20.8 Å². The number of hydrogen-bond acceptors (Lipinski definition) is 10. The van der Waals surface area contributed by atoms with Crippen molar-refractivity contribution in [1.82, 2.24) is 9.80 Å². The van der Waals surface area contributed by atoms with Crippen molar-refractivity contribution >= 4 is 40.7 Å². The second-order valence-electron chi connectivity index (χ2n) is 10.3. The van der Waals surface area contributed by atoms with E-state index in [1.165, 1.54) is 25.1 Å². The molecule has 0 heterocycles. The summed E-state index contributed by atoms with van der Waals surface area (Å²) < 4.78 is 0. The summed E-state index contributed by atoms with van der Waals surface area (Å²) in [6, 6.07) is 0.277. The van der Waals surface area contributed by atoms with Crippen LogP contribution in [0.5, 0.6) is 5.75 Å². The van der Waals surface area contributed by atoms with Crippen molar-refractivity contribution < 1.29 is 39.6 Å². The molecule has 38 heavy (non-hydrogen) atoms. The van der Waals surface area contributed by atoms with Gasteiger partial charge in [0.05, 0.1) is 23.2 Å². The van der Waals surface area contributed by atoms with Crippen LogP contribution < -0.4 is 11.1 Å². The molecule has 3 aliphatic carbocycles. The maximum absolute atomic E-state index is 13.7. The molecular weight excluding hydrogens is 520 g/mol. The molecule has 2 unspecified atom stereocenters. The standard InChI is InChI=1S/C25H29ClN4O8/c1-29(2)8-13(31)28-17-12(26)7-10-5-9-6-11-18(30(3)4)21(34)16(24(27)37)23(36)25(11,38)22(35)15(9)19(32)14(10)20(17)33/h7,11,18,22,33,35-36,38H,5-6,8H2,1-4H3,(H2,27,37)(H,28,31)/t11?,18-,22?,25-/m0/s1. The van der Waals surface area contributed by atoms with Crippen LogP contribution in [0.4, 0.5) is 5.69 Å². The number of fused-ring (bicyclic) bond motifs is 2. The van der Waals surface area contributed by atoms with Crippen molar-refractivity contribution in [2.75, 3.05) is 40.1 Å². The number of carbonyl (C=O) groups excluding carboxylic acids is 4. The van der Waals surface area contributed by atoms with E-state index in [-0.39, 0.29) is 41.2 Å². The number of nitrogens with two attached hydrogens (primary N) is 1. The highest BCUT2D eigenvalue weighted by molar-refractivity contribution is 6.35. The number of phenolic OH excluding ortho intramolecular Hbond substituents is 1. The fourth-order valence-corrected chi connectivity index (χ4v) is 6.04. The first-order chi connectivity index (χ1) is 17.6. The number of amides is 2. The largest absolute Gasteiger partial charge is 0.508 e. The normalized spacial score (nSPS) is 26.9. The third-order valence-electron chi connectivity index (χ3n) is 7.35. The number of carbonyl (C=O) groups is 4. The Morgan fingerprint density at radius 1 is 1.21 bits per heavy atom. The van der Waals surface area contributed by atoms with Gasteiger partial charge in [0.2, 0.25) is 5.91 Å². The van der Waals surface area contributed by atoms with Gasteiger partial charge in [-0.25, -0.2) is 0 Å². The van der Waals surface area contributed by atoms with E-state index in [9.17, 15) is 39.6 Å². The molecule has 12 nitrogen and oxygen atoms in total. The Morgan fingerprint density at radius 2 is 1.84 bits per heavy atom. The maximum Gasteiger partial charge on any atom is 0.255 e. The molecule has 0 aromatic heterocycles. The van der Waals surface area contributed by atoms with Crippen molar-refractivity contribution in [3.63, 3.8) is 0 Å². The zero-order valence-electron chi connectivity index (χ0n) is 21.2. The predicted octanol–water partition coefficient (Wildman–Crippen LogP) is -0.497. The summed E-state index contributed by atoms with van der Waals surface area (Å²) in [5, 5.41) is 47.4. The minimum Gasteiger partial charge on any atom is -0.508 e. The molecule has 0 fully saturated rings. The van der Waals surface area contributed by atoms with E-state index in [1.807, 2.05) is 0 Å². The Kier molecular flexibility index (Phi) is 6.91. The number of ketones is 2. The number of phenols is 1. The molecule has 0 saturated heterocycles. The number of aliphatic hydroxyl groups is 3. The van der Waals surface area contributed by atoms with Crippen LogP contribution >= 0.6 is 11.6 Å². The van der Waals surface area contributed by atoms with Gasteiger partial charge in [-0.05, 0) is 52.7 Å². The molecule has 2 amide bonds. The highest BCUT2D eigenvalue weighted by Gasteiger charge is 2.63. The third-order valence-corrected chi connectivity index (χ3v) is 7.65. The van der Waals surface area contributed by atoms with E-state index in [4.69, 9.17) is 17.3 Å². The van der Waals surface area contributed by atoms with Gasteiger partial charge in [0, 0.05) is 11.5 Å². The molecule has 0 aliphatic heterocycles. The molecular formula is C25H29ClN4O8. The molecule has 1 aromatic rings. The Labute approximate surface area is 223 Å². The molecule has 4 rings (SSSR count). The summed E-state index contributed by atoms with van der Waals surface area (Å²) in [4.78, 5) is 54.2. The zero-order valence-corrected chi connectivity index (χ0v) is 22.0. The van der Waals surface area contributed by atoms with Crippen LogP contribution in [0.25, 0.3) is 0 Å². The van der Waals surface area contributed by atoms with Crippen molar-refractivity contribution in [1.29, 1.82) is 0 Å². The van der Waals surface area contributed by atoms with Crippen LogP contribution in [0.1, 0.15) is 22.3 Å². The number of likely N-dealkylation sites (N-methyl/N-ethyl adjacent to an activating group) is 2. The number of Topliss-reactive ketones (excluding diaryl/α,β-unsaturated/α-hetero) is 2. The second-order valence-corrected chi connectivity index (χ2v) is 10.7. The molecule has 1 aromatic carbocycles. The van der Waals surface area contributed by atoms with Crippen LogP contribution in [0.3, 0.4) is 0 Å². The van der Waals surface area contributed by atoms with Gasteiger partial charge in [0.25, 0.3) is 5.91 Å². The Bertz CT molecular complexity index is 1350. The topological polar surface area (TPSA) is 194 Å². The molecule has 204 valence electrons.